The summed E-state index contributed by atoms with van der Waals surface area (Å²) in [6.45, 7) is 3.01. The summed E-state index contributed by atoms with van der Waals surface area (Å²) in [6, 6.07) is 4.47. The van der Waals surface area contributed by atoms with Gasteiger partial charge in [0.15, 0.2) is 11.5 Å². The molecule has 4 nitrogen and oxygen atoms in total. The van der Waals surface area contributed by atoms with E-state index in [0.29, 0.717) is 6.04 Å². The number of likely N-dealkylation sites (tertiary alicyclic amines) is 1. The lowest BCUT2D eigenvalue weighted by molar-refractivity contribution is -0.0853. The highest BCUT2D eigenvalue weighted by Gasteiger charge is 2.70. The zero-order valence-electron chi connectivity index (χ0n) is 14.2. The molecule has 5 heteroatoms. The van der Waals surface area contributed by atoms with Crippen molar-refractivity contribution in [1.29, 1.82) is 0 Å². The van der Waals surface area contributed by atoms with Gasteiger partial charge >= 0.3 is 0 Å². The van der Waals surface area contributed by atoms with Crippen molar-refractivity contribution in [2.75, 3.05) is 20.7 Å². The largest absolute Gasteiger partial charge is 0.493 e. The summed E-state index contributed by atoms with van der Waals surface area (Å²) < 4.78 is 12.1. The van der Waals surface area contributed by atoms with Crippen molar-refractivity contribution in [3.8, 4) is 11.5 Å². The molecule has 1 saturated heterocycles. The topological polar surface area (TPSA) is 41.9 Å². The number of likely N-dealkylation sites (N-methyl/N-ethyl adjacent to an activating group) is 1. The van der Waals surface area contributed by atoms with Crippen LogP contribution >= 0.6 is 11.6 Å². The smallest absolute Gasteiger partial charge is 0.166 e. The molecule has 2 heterocycles. The van der Waals surface area contributed by atoms with Crippen molar-refractivity contribution < 1.29 is 14.6 Å². The van der Waals surface area contributed by atoms with Crippen molar-refractivity contribution in [2.45, 2.75) is 48.3 Å². The Bertz CT molecular complexity index is 778. The molecular weight excluding hydrogens is 326 g/mol. The van der Waals surface area contributed by atoms with E-state index in [-0.39, 0.29) is 5.41 Å². The highest BCUT2D eigenvalue weighted by atomic mass is 35.5. The Morgan fingerprint density at radius 3 is 2.96 bits per heavy atom. The zero-order valence-corrected chi connectivity index (χ0v) is 14.9. The molecule has 0 saturated carbocycles. The second-order valence-electron chi connectivity index (χ2n) is 7.71. The molecular formula is C19H22ClNO3. The minimum absolute atomic E-state index is 0.299. The lowest BCUT2D eigenvalue weighted by Gasteiger charge is -2.58. The molecule has 1 fully saturated rings. The number of piperidine rings is 1. The van der Waals surface area contributed by atoms with Gasteiger partial charge in [0.1, 0.15) is 11.7 Å². The quantitative estimate of drug-likeness (QED) is 0.625. The van der Waals surface area contributed by atoms with Gasteiger partial charge in [-0.25, -0.2) is 0 Å². The number of methoxy groups -OCH3 is 1. The summed E-state index contributed by atoms with van der Waals surface area (Å²) in [6.07, 6.45) is 3.22. The number of rotatable bonds is 1. The first-order chi connectivity index (χ1) is 11.4. The first-order valence-corrected chi connectivity index (χ1v) is 9.01. The highest BCUT2D eigenvalue weighted by Crippen LogP contribution is 2.66. The predicted octanol–water partition coefficient (Wildman–Crippen LogP) is 2.25. The molecule has 4 aliphatic rings. The molecule has 1 spiro atoms. The second-order valence-corrected chi connectivity index (χ2v) is 8.21. The van der Waals surface area contributed by atoms with Crippen molar-refractivity contribution in [2.24, 2.45) is 0 Å². The molecule has 5 rings (SSSR count). The summed E-state index contributed by atoms with van der Waals surface area (Å²) in [5.74, 6) is 1.55. The number of alkyl halides is 1. The fourth-order valence-electron chi connectivity index (χ4n) is 5.63. The summed E-state index contributed by atoms with van der Waals surface area (Å²) in [5.41, 5.74) is 2.80. The average molecular weight is 348 g/mol. The summed E-state index contributed by atoms with van der Waals surface area (Å²) in [7, 11) is 3.84. The van der Waals surface area contributed by atoms with Gasteiger partial charge in [0.05, 0.1) is 17.9 Å². The van der Waals surface area contributed by atoms with Gasteiger partial charge in [-0.15, -0.1) is 11.6 Å². The van der Waals surface area contributed by atoms with Gasteiger partial charge in [-0.1, -0.05) is 12.1 Å². The van der Waals surface area contributed by atoms with Crippen LogP contribution in [0.4, 0.5) is 0 Å². The fraction of sp³-hybridized carbons (Fsp3) is 0.579. The number of halogens is 1. The molecule has 0 radical (unpaired) electrons. The Labute approximate surface area is 147 Å². The maximum atomic E-state index is 11.0. The van der Waals surface area contributed by atoms with Crippen molar-refractivity contribution in [3.63, 3.8) is 0 Å². The SMILES string of the molecule is COc1ccc2c3c1O[C@@]1(C)[C@H](O)[C@H](Cl)C=C4[C@@H](C2)N(C)CC[C@@]431. The first-order valence-electron chi connectivity index (χ1n) is 8.58. The van der Waals surface area contributed by atoms with Crippen LogP contribution in [0.2, 0.25) is 0 Å². The van der Waals surface area contributed by atoms with E-state index in [9.17, 15) is 5.11 Å². The number of hydrogen-bond donors (Lipinski definition) is 1. The monoisotopic (exact) mass is 347 g/mol. The Morgan fingerprint density at radius 2 is 2.21 bits per heavy atom. The molecule has 5 atom stereocenters. The van der Waals surface area contributed by atoms with Gasteiger partial charge in [0.2, 0.25) is 0 Å². The van der Waals surface area contributed by atoms with E-state index in [1.807, 2.05) is 13.0 Å². The highest BCUT2D eigenvalue weighted by molar-refractivity contribution is 6.22. The molecule has 1 aromatic rings. The lowest BCUT2D eigenvalue weighted by atomic mass is 9.51. The predicted molar refractivity (Wildman–Crippen MR) is 92.2 cm³/mol. The van der Waals surface area contributed by atoms with Crippen molar-refractivity contribution in [1.82, 2.24) is 4.90 Å². The molecule has 0 amide bonds. The van der Waals surface area contributed by atoms with E-state index in [1.54, 1.807) is 7.11 Å². The lowest BCUT2D eigenvalue weighted by Crippen LogP contribution is -2.69. The van der Waals surface area contributed by atoms with E-state index >= 15 is 0 Å². The van der Waals surface area contributed by atoms with Crippen molar-refractivity contribution in [3.05, 3.63) is 34.9 Å². The second kappa shape index (κ2) is 4.48. The Balaban J connectivity index is 1.89. The van der Waals surface area contributed by atoms with Crippen LogP contribution < -0.4 is 9.47 Å². The number of nitrogens with zero attached hydrogens (tertiary/aromatic N) is 1. The molecule has 128 valence electrons. The fourth-order valence-corrected chi connectivity index (χ4v) is 6.00. The number of ether oxygens (including phenoxy) is 2. The zero-order chi connectivity index (χ0) is 16.9. The van der Waals surface area contributed by atoms with Crippen LogP contribution in [0, 0.1) is 0 Å². The van der Waals surface area contributed by atoms with E-state index in [4.69, 9.17) is 21.1 Å². The van der Waals surface area contributed by atoms with Crippen LogP contribution in [0.1, 0.15) is 24.5 Å². The molecule has 1 N–H and O–H groups in total. The van der Waals surface area contributed by atoms with Crippen LogP contribution in [-0.2, 0) is 11.8 Å². The normalized spacial score (nSPS) is 42.2. The van der Waals surface area contributed by atoms with Crippen LogP contribution in [0.5, 0.6) is 11.5 Å². The molecule has 2 aliphatic carbocycles. The Kier molecular flexibility index (Phi) is 2.81. The van der Waals surface area contributed by atoms with E-state index in [1.165, 1.54) is 16.7 Å². The molecule has 0 aromatic heterocycles. The van der Waals surface area contributed by atoms with Gasteiger partial charge in [-0.05, 0) is 50.6 Å². The van der Waals surface area contributed by atoms with Gasteiger partial charge in [-0.3, -0.25) is 4.90 Å². The van der Waals surface area contributed by atoms with Gasteiger partial charge in [0.25, 0.3) is 0 Å². The van der Waals surface area contributed by atoms with Crippen LogP contribution in [-0.4, -0.2) is 53.8 Å². The van der Waals surface area contributed by atoms with Crippen LogP contribution in [0.3, 0.4) is 0 Å². The maximum absolute atomic E-state index is 11.0. The minimum atomic E-state index is -0.755. The Morgan fingerprint density at radius 1 is 1.42 bits per heavy atom. The number of hydrogen-bond acceptors (Lipinski definition) is 4. The van der Waals surface area contributed by atoms with Crippen LogP contribution in [0.15, 0.2) is 23.8 Å². The molecule has 2 bridgehead atoms. The third-order valence-electron chi connectivity index (χ3n) is 6.86. The molecule has 24 heavy (non-hydrogen) atoms. The third-order valence-corrected chi connectivity index (χ3v) is 7.22. The minimum Gasteiger partial charge on any atom is -0.493 e. The first kappa shape index (κ1) is 15.1. The van der Waals surface area contributed by atoms with Gasteiger partial charge in [-0.2, -0.15) is 0 Å². The van der Waals surface area contributed by atoms with Gasteiger partial charge < -0.3 is 14.6 Å². The summed E-state index contributed by atoms with van der Waals surface area (Å²) >= 11 is 6.53. The number of benzene rings is 1. The van der Waals surface area contributed by atoms with E-state index in [0.717, 1.165) is 30.9 Å². The van der Waals surface area contributed by atoms with Crippen molar-refractivity contribution >= 4 is 11.6 Å². The maximum Gasteiger partial charge on any atom is 0.166 e. The summed E-state index contributed by atoms with van der Waals surface area (Å²) in [5, 5.41) is 10.6. The van der Waals surface area contributed by atoms with E-state index < -0.39 is 17.1 Å². The molecule has 0 unspecified atom stereocenters. The molecule has 1 aromatic carbocycles. The number of aliphatic hydroxyl groups excluding tert-OH is 1. The standard InChI is InChI=1S/C19H22ClNO3/c1-18-17(22)12(20)9-11-13-8-10-4-5-14(23-3)16(24-18)15(10)19(11,18)6-7-21(13)2/h4-5,9,12-13,17,22H,6-8H2,1-3H3/t12-,13-,17-,18+,19-/m1/s1. The molecule has 2 aliphatic heterocycles. The Hall–Kier alpha value is -1.23. The van der Waals surface area contributed by atoms with E-state index in [2.05, 4.69) is 24.1 Å². The average Bonchev–Trinajstić information content (AvgIpc) is 2.84. The van der Waals surface area contributed by atoms with Crippen LogP contribution in [0.25, 0.3) is 0 Å². The summed E-state index contributed by atoms with van der Waals surface area (Å²) in [4.78, 5) is 2.41. The van der Waals surface area contributed by atoms with Gasteiger partial charge in [0, 0.05) is 11.6 Å². The number of aliphatic hydroxyl groups is 1. The third kappa shape index (κ3) is 1.41.